The number of rotatable bonds is 4. The Labute approximate surface area is 135 Å². The second-order valence-electron chi connectivity index (χ2n) is 6.29. The van der Waals surface area contributed by atoms with Crippen molar-refractivity contribution in [3.63, 3.8) is 0 Å². The number of nitrogens with one attached hydrogen (secondary N) is 1. The van der Waals surface area contributed by atoms with Crippen molar-refractivity contribution in [2.24, 2.45) is 11.7 Å². The van der Waals surface area contributed by atoms with Crippen molar-refractivity contribution in [2.45, 2.75) is 50.1 Å². The fourth-order valence-corrected chi connectivity index (χ4v) is 4.15. The van der Waals surface area contributed by atoms with Crippen LogP contribution in [0.3, 0.4) is 0 Å². The fraction of sp³-hybridized carbons (Fsp3) is 0.562. The summed E-state index contributed by atoms with van der Waals surface area (Å²) in [5, 5.41) is 4.40. The van der Waals surface area contributed by atoms with Crippen molar-refractivity contribution < 1.29 is 4.79 Å². The maximum Gasteiger partial charge on any atom is 0.221 e. The van der Waals surface area contributed by atoms with Crippen LogP contribution in [-0.4, -0.2) is 11.9 Å². The number of carbonyl (C=O) groups is 1. The SMILES string of the molecule is N[C@@H]1CCC[C@H]1CC(=O)NC1(c2c(Cl)cccc2Cl)CC1. The van der Waals surface area contributed by atoms with Crippen molar-refractivity contribution in [1.29, 1.82) is 0 Å². The normalized spacial score (nSPS) is 26.6. The van der Waals surface area contributed by atoms with E-state index in [1.807, 2.05) is 18.2 Å². The van der Waals surface area contributed by atoms with Crippen LogP contribution in [0.5, 0.6) is 0 Å². The summed E-state index contributed by atoms with van der Waals surface area (Å²) in [4.78, 5) is 12.3. The number of halogens is 2. The number of benzene rings is 1. The highest BCUT2D eigenvalue weighted by Crippen LogP contribution is 2.50. The summed E-state index contributed by atoms with van der Waals surface area (Å²) in [6.45, 7) is 0. The summed E-state index contributed by atoms with van der Waals surface area (Å²) in [5.74, 6) is 0.369. The van der Waals surface area contributed by atoms with Gasteiger partial charge in [0.05, 0.1) is 5.54 Å². The largest absolute Gasteiger partial charge is 0.346 e. The van der Waals surface area contributed by atoms with E-state index in [1.165, 1.54) is 0 Å². The molecule has 2 aliphatic rings. The van der Waals surface area contributed by atoms with E-state index in [1.54, 1.807) is 0 Å². The molecule has 114 valence electrons. The van der Waals surface area contributed by atoms with Crippen LogP contribution >= 0.6 is 23.2 Å². The molecule has 1 aromatic rings. The second-order valence-corrected chi connectivity index (χ2v) is 7.10. The molecule has 0 radical (unpaired) electrons. The molecule has 0 bridgehead atoms. The zero-order valence-corrected chi connectivity index (χ0v) is 13.4. The molecule has 21 heavy (non-hydrogen) atoms. The number of hydrogen-bond acceptors (Lipinski definition) is 2. The predicted octanol–water partition coefficient (Wildman–Crippen LogP) is 3.62. The average molecular weight is 327 g/mol. The number of nitrogens with two attached hydrogens (primary N) is 1. The molecule has 3 N–H and O–H groups in total. The smallest absolute Gasteiger partial charge is 0.221 e. The van der Waals surface area contributed by atoms with Crippen LogP contribution in [0, 0.1) is 5.92 Å². The first-order valence-corrected chi connectivity index (χ1v) is 8.28. The van der Waals surface area contributed by atoms with Gasteiger partial charge < -0.3 is 11.1 Å². The van der Waals surface area contributed by atoms with Crippen LogP contribution in [0.25, 0.3) is 0 Å². The van der Waals surface area contributed by atoms with Gasteiger partial charge in [0.1, 0.15) is 0 Å². The molecule has 0 unspecified atom stereocenters. The van der Waals surface area contributed by atoms with Gasteiger partial charge in [-0.3, -0.25) is 4.79 Å². The third-order valence-electron chi connectivity index (χ3n) is 4.74. The van der Waals surface area contributed by atoms with Crippen molar-refractivity contribution in [2.75, 3.05) is 0 Å². The predicted molar refractivity (Wildman–Crippen MR) is 85.5 cm³/mol. The Bertz CT molecular complexity index is 537. The molecule has 2 fully saturated rings. The number of hydrogen-bond donors (Lipinski definition) is 2. The molecule has 0 heterocycles. The first-order chi connectivity index (χ1) is 10.0. The molecule has 1 aromatic carbocycles. The van der Waals surface area contributed by atoms with Crippen molar-refractivity contribution in [1.82, 2.24) is 5.32 Å². The average Bonchev–Trinajstić information content (AvgIpc) is 3.06. The molecule has 0 aliphatic heterocycles. The van der Waals surface area contributed by atoms with Gasteiger partial charge in [-0.1, -0.05) is 35.7 Å². The molecule has 3 nitrogen and oxygen atoms in total. The Hall–Kier alpha value is -0.770. The highest BCUT2D eigenvalue weighted by Gasteiger charge is 2.48. The van der Waals surface area contributed by atoms with E-state index < -0.39 is 0 Å². The lowest BCUT2D eigenvalue weighted by Crippen LogP contribution is -2.38. The van der Waals surface area contributed by atoms with Gasteiger partial charge in [-0.15, -0.1) is 0 Å². The van der Waals surface area contributed by atoms with Crippen LogP contribution in [0.15, 0.2) is 18.2 Å². The van der Waals surface area contributed by atoms with E-state index in [0.29, 0.717) is 22.4 Å². The molecule has 0 saturated heterocycles. The molecular formula is C16H20Cl2N2O. The lowest BCUT2D eigenvalue weighted by molar-refractivity contribution is -0.123. The lowest BCUT2D eigenvalue weighted by Gasteiger charge is -2.22. The molecule has 3 rings (SSSR count). The van der Waals surface area contributed by atoms with Crippen molar-refractivity contribution >= 4 is 29.1 Å². The summed E-state index contributed by atoms with van der Waals surface area (Å²) in [7, 11) is 0. The first kappa shape index (κ1) is 15.1. The number of amides is 1. The fourth-order valence-electron chi connectivity index (χ4n) is 3.39. The topological polar surface area (TPSA) is 55.1 Å². The third kappa shape index (κ3) is 3.05. The summed E-state index contributed by atoms with van der Waals surface area (Å²) in [5.41, 5.74) is 6.54. The Morgan fingerprint density at radius 2 is 1.95 bits per heavy atom. The Kier molecular flexibility index (Phi) is 4.17. The third-order valence-corrected chi connectivity index (χ3v) is 5.37. The quantitative estimate of drug-likeness (QED) is 0.887. The highest BCUT2D eigenvalue weighted by atomic mass is 35.5. The molecule has 0 spiro atoms. The minimum absolute atomic E-state index is 0.0610. The summed E-state index contributed by atoms with van der Waals surface area (Å²) < 4.78 is 0. The Morgan fingerprint density at radius 3 is 2.48 bits per heavy atom. The van der Waals surface area contributed by atoms with E-state index in [9.17, 15) is 4.79 Å². The molecule has 1 amide bonds. The van der Waals surface area contributed by atoms with E-state index in [4.69, 9.17) is 28.9 Å². The van der Waals surface area contributed by atoms with E-state index in [-0.39, 0.29) is 17.5 Å². The van der Waals surface area contributed by atoms with Crippen LogP contribution in [0.1, 0.15) is 44.1 Å². The minimum Gasteiger partial charge on any atom is -0.346 e. The van der Waals surface area contributed by atoms with E-state index >= 15 is 0 Å². The molecule has 2 aliphatic carbocycles. The van der Waals surface area contributed by atoms with Gasteiger partial charge >= 0.3 is 0 Å². The van der Waals surface area contributed by atoms with Crippen LogP contribution in [0.4, 0.5) is 0 Å². The highest BCUT2D eigenvalue weighted by molar-refractivity contribution is 6.36. The molecular weight excluding hydrogens is 307 g/mol. The molecule has 5 heteroatoms. The monoisotopic (exact) mass is 326 g/mol. The molecule has 2 atom stereocenters. The standard InChI is InChI=1S/C16H20Cl2N2O/c17-11-4-2-5-12(18)15(11)16(7-8-16)20-14(21)9-10-3-1-6-13(10)19/h2,4-5,10,13H,1,3,6-9,19H2,(H,20,21)/t10-,13+/m0/s1. The zero-order chi connectivity index (χ0) is 15.0. The second kappa shape index (κ2) is 5.79. The maximum absolute atomic E-state index is 12.3. The van der Waals surface area contributed by atoms with Gasteiger partial charge in [-0.05, 0) is 43.7 Å². The van der Waals surface area contributed by atoms with Gasteiger partial charge in [-0.2, -0.15) is 0 Å². The van der Waals surface area contributed by atoms with Crippen LogP contribution in [-0.2, 0) is 10.3 Å². The van der Waals surface area contributed by atoms with Crippen molar-refractivity contribution in [3.05, 3.63) is 33.8 Å². The van der Waals surface area contributed by atoms with E-state index in [0.717, 1.165) is 37.7 Å². The summed E-state index contributed by atoms with van der Waals surface area (Å²) in [6, 6.07) is 5.63. The van der Waals surface area contributed by atoms with Gasteiger partial charge in [0.25, 0.3) is 0 Å². The number of carbonyl (C=O) groups excluding carboxylic acids is 1. The van der Waals surface area contributed by atoms with Crippen molar-refractivity contribution in [3.8, 4) is 0 Å². The molecule has 2 saturated carbocycles. The van der Waals surface area contributed by atoms with Gasteiger partial charge in [0, 0.05) is 28.1 Å². The van der Waals surface area contributed by atoms with Crippen LogP contribution < -0.4 is 11.1 Å². The van der Waals surface area contributed by atoms with Gasteiger partial charge in [-0.25, -0.2) is 0 Å². The van der Waals surface area contributed by atoms with Crippen LogP contribution in [0.2, 0.25) is 10.0 Å². The van der Waals surface area contributed by atoms with E-state index in [2.05, 4.69) is 5.32 Å². The van der Waals surface area contributed by atoms with Gasteiger partial charge in [0.15, 0.2) is 0 Å². The Balaban J connectivity index is 1.70. The maximum atomic E-state index is 12.3. The Morgan fingerprint density at radius 1 is 1.29 bits per heavy atom. The minimum atomic E-state index is -0.366. The van der Waals surface area contributed by atoms with Gasteiger partial charge in [0.2, 0.25) is 5.91 Å². The zero-order valence-electron chi connectivity index (χ0n) is 11.9. The summed E-state index contributed by atoms with van der Waals surface area (Å²) in [6.07, 6.45) is 5.48. The lowest BCUT2D eigenvalue weighted by atomic mass is 9.98. The summed E-state index contributed by atoms with van der Waals surface area (Å²) >= 11 is 12.6. The first-order valence-electron chi connectivity index (χ1n) is 7.53. The molecule has 0 aromatic heterocycles.